The molecule has 0 radical (unpaired) electrons. The number of hydrogen-bond donors (Lipinski definition) is 1. The van der Waals surface area contributed by atoms with E-state index >= 15 is 0 Å². The smallest absolute Gasteiger partial charge is 0.319 e. The van der Waals surface area contributed by atoms with Crippen molar-refractivity contribution in [2.24, 2.45) is 0 Å². The van der Waals surface area contributed by atoms with Crippen molar-refractivity contribution < 1.29 is 13.5 Å². The van der Waals surface area contributed by atoms with Crippen LogP contribution in [0.25, 0.3) is 32.2 Å². The molecule has 1 saturated heterocycles. The molecule has 4 aromatic rings. The number of fused-ring (bicyclic) bond motifs is 2. The molecule has 192 valence electrons. The van der Waals surface area contributed by atoms with Gasteiger partial charge in [-0.3, -0.25) is 0 Å². The Balaban J connectivity index is 1.48. The number of benzene rings is 2. The summed E-state index contributed by atoms with van der Waals surface area (Å²) in [6, 6.07) is 7.16. The van der Waals surface area contributed by atoms with Crippen LogP contribution >= 0.6 is 22.9 Å². The third-order valence-electron chi connectivity index (χ3n) is 7.03. The number of likely N-dealkylation sites (tertiary alicyclic amines) is 1. The zero-order valence-corrected chi connectivity index (χ0v) is 21.8. The fourth-order valence-corrected chi connectivity index (χ4v) is 6.11. The largest absolute Gasteiger partial charge is 0.462 e. The van der Waals surface area contributed by atoms with Crippen molar-refractivity contribution in [2.75, 3.05) is 43.9 Å². The predicted octanol–water partition coefficient (Wildman–Crippen LogP) is 5.82. The lowest BCUT2D eigenvalue weighted by Gasteiger charge is -2.27. The van der Waals surface area contributed by atoms with E-state index in [0.717, 1.165) is 30.7 Å². The Bertz CT molecular complexity index is 1540. The molecule has 0 saturated carbocycles. The van der Waals surface area contributed by atoms with E-state index in [1.807, 2.05) is 11.0 Å². The van der Waals surface area contributed by atoms with E-state index < -0.39 is 0 Å². The highest BCUT2D eigenvalue weighted by Gasteiger charge is 2.24. The van der Waals surface area contributed by atoms with Crippen LogP contribution in [-0.4, -0.2) is 59.2 Å². The predicted molar refractivity (Wildman–Crippen MR) is 145 cm³/mol. The first kappa shape index (κ1) is 24.3. The maximum atomic E-state index is 14.4. The third-order valence-corrected chi connectivity index (χ3v) is 8.23. The minimum atomic E-state index is -0.387. The summed E-state index contributed by atoms with van der Waals surface area (Å²) in [5.41, 5.74) is 8.22. The average Bonchev–Trinajstić information content (AvgIpc) is 3.48. The highest BCUT2D eigenvalue weighted by molar-refractivity contribution is 7.22. The summed E-state index contributed by atoms with van der Waals surface area (Å²) in [5, 5.41) is 1.38. The van der Waals surface area contributed by atoms with Gasteiger partial charge in [-0.25, -0.2) is 13.8 Å². The summed E-state index contributed by atoms with van der Waals surface area (Å²) in [6.07, 6.45) is 4.35. The summed E-state index contributed by atoms with van der Waals surface area (Å²) in [4.78, 5) is 17.9. The molecule has 0 spiro atoms. The fourth-order valence-electron chi connectivity index (χ4n) is 5.08. The molecule has 2 N–H and O–H groups in total. The van der Waals surface area contributed by atoms with Crippen molar-refractivity contribution in [3.05, 3.63) is 47.0 Å². The molecule has 2 aliphatic rings. The lowest BCUT2D eigenvalue weighted by molar-refractivity contribution is 0.188. The topological polar surface area (TPSA) is 80.4 Å². The standard InChI is InChI=1S/C26H25ClF2N6OS/c1-34-8-3-5-15(34)13-36-26-31-21-11-17(16-6-7-20(29)23-22(16)32-25(30)37-23)19(27)10-18(21)24(33-26)35-9-2-4-14(28)12-35/h4,6-7,10-11,15H,2-3,5,8-9,12-13H2,1H3,(H2,30,32). The van der Waals surface area contributed by atoms with E-state index in [9.17, 15) is 8.78 Å². The minimum Gasteiger partial charge on any atom is -0.462 e. The molecule has 1 unspecified atom stereocenters. The number of nitrogen functional groups attached to an aromatic ring is 1. The van der Waals surface area contributed by atoms with Crippen molar-refractivity contribution in [3.8, 4) is 17.1 Å². The van der Waals surface area contributed by atoms with Gasteiger partial charge in [0.05, 0.1) is 22.3 Å². The van der Waals surface area contributed by atoms with Crippen LogP contribution in [0, 0.1) is 5.82 Å². The van der Waals surface area contributed by atoms with Gasteiger partial charge in [-0.15, -0.1) is 0 Å². The summed E-state index contributed by atoms with van der Waals surface area (Å²) in [7, 11) is 2.08. The minimum absolute atomic E-state index is 0.118. The van der Waals surface area contributed by atoms with Crippen LogP contribution in [0.3, 0.4) is 0 Å². The van der Waals surface area contributed by atoms with Crippen LogP contribution < -0.4 is 15.4 Å². The van der Waals surface area contributed by atoms with E-state index in [1.165, 1.54) is 6.07 Å². The van der Waals surface area contributed by atoms with Gasteiger partial charge in [-0.1, -0.05) is 22.9 Å². The van der Waals surface area contributed by atoms with Gasteiger partial charge in [0.1, 0.15) is 24.1 Å². The van der Waals surface area contributed by atoms with Crippen LogP contribution in [0.4, 0.5) is 19.7 Å². The second kappa shape index (κ2) is 9.66. The molecule has 2 aromatic carbocycles. The van der Waals surface area contributed by atoms with Crippen molar-refractivity contribution in [2.45, 2.75) is 25.3 Å². The number of hydrogen-bond acceptors (Lipinski definition) is 8. The Morgan fingerprint density at radius 2 is 2.03 bits per heavy atom. The summed E-state index contributed by atoms with van der Waals surface area (Å²) >= 11 is 7.87. The van der Waals surface area contributed by atoms with Gasteiger partial charge in [0.2, 0.25) is 0 Å². The SMILES string of the molecule is CN1CCCC1COc1nc(N2CCC=C(F)C2)c2cc(Cl)c(-c3ccc(F)c4sc(N)nc34)cc2n1. The lowest BCUT2D eigenvalue weighted by atomic mass is 10.0. The van der Waals surface area contributed by atoms with Crippen LogP contribution in [0.5, 0.6) is 6.01 Å². The normalized spacial score (nSPS) is 18.6. The molecule has 1 fully saturated rings. The molecule has 11 heteroatoms. The zero-order chi connectivity index (χ0) is 25.7. The number of aromatic nitrogens is 3. The van der Waals surface area contributed by atoms with Crippen molar-refractivity contribution in [3.63, 3.8) is 0 Å². The van der Waals surface area contributed by atoms with E-state index in [2.05, 4.69) is 16.9 Å². The molecule has 6 rings (SSSR count). The number of likely N-dealkylation sites (N-methyl/N-ethyl adjacent to an activating group) is 1. The van der Waals surface area contributed by atoms with Gasteiger partial charge in [0.15, 0.2) is 5.13 Å². The van der Waals surface area contributed by atoms with E-state index in [0.29, 0.717) is 68.7 Å². The molecule has 0 aliphatic carbocycles. The zero-order valence-electron chi connectivity index (χ0n) is 20.2. The molecule has 37 heavy (non-hydrogen) atoms. The van der Waals surface area contributed by atoms with Gasteiger partial charge in [0, 0.05) is 34.1 Å². The van der Waals surface area contributed by atoms with E-state index in [4.69, 9.17) is 32.0 Å². The molecule has 2 aliphatic heterocycles. The van der Waals surface area contributed by atoms with Crippen molar-refractivity contribution in [1.29, 1.82) is 0 Å². The Kier molecular flexibility index (Phi) is 6.34. The number of nitrogens with zero attached hydrogens (tertiary/aromatic N) is 5. The van der Waals surface area contributed by atoms with E-state index in [1.54, 1.807) is 18.2 Å². The molecule has 4 heterocycles. The molecule has 0 amide bonds. The Hall–Kier alpha value is -3.08. The Labute approximate surface area is 221 Å². The van der Waals surface area contributed by atoms with Gasteiger partial charge in [-0.05, 0) is 63.2 Å². The first-order valence-electron chi connectivity index (χ1n) is 12.2. The number of halogens is 3. The maximum absolute atomic E-state index is 14.4. The second-order valence-corrected chi connectivity index (χ2v) is 10.9. The molecule has 2 aromatic heterocycles. The molecule has 7 nitrogen and oxygen atoms in total. The van der Waals surface area contributed by atoms with Crippen molar-refractivity contribution in [1.82, 2.24) is 19.9 Å². The number of nitrogens with two attached hydrogens (primary N) is 1. The monoisotopic (exact) mass is 542 g/mol. The van der Waals surface area contributed by atoms with Gasteiger partial charge >= 0.3 is 6.01 Å². The third kappa shape index (κ3) is 4.58. The van der Waals surface area contributed by atoms with Gasteiger partial charge in [-0.2, -0.15) is 9.97 Å². The number of ether oxygens (including phenoxy) is 1. The molecule has 1 atom stereocenters. The first-order valence-corrected chi connectivity index (χ1v) is 13.4. The summed E-state index contributed by atoms with van der Waals surface area (Å²) in [5.74, 6) is -0.0218. The lowest BCUT2D eigenvalue weighted by Crippen LogP contribution is -2.32. The number of anilines is 2. The van der Waals surface area contributed by atoms with Crippen LogP contribution in [0.2, 0.25) is 5.02 Å². The first-order chi connectivity index (χ1) is 17.9. The number of rotatable bonds is 5. The second-order valence-electron chi connectivity index (χ2n) is 9.45. The fraction of sp³-hybridized carbons (Fsp3) is 0.346. The highest BCUT2D eigenvalue weighted by atomic mass is 35.5. The molecular formula is C26H25ClF2N6OS. The molecule has 0 bridgehead atoms. The average molecular weight is 543 g/mol. The van der Waals surface area contributed by atoms with Gasteiger partial charge in [0.25, 0.3) is 0 Å². The Morgan fingerprint density at radius 1 is 1.16 bits per heavy atom. The van der Waals surface area contributed by atoms with Gasteiger partial charge < -0.3 is 20.3 Å². The van der Waals surface area contributed by atoms with Crippen molar-refractivity contribution >= 4 is 55.0 Å². The van der Waals surface area contributed by atoms with Crippen LogP contribution in [0.1, 0.15) is 19.3 Å². The highest BCUT2D eigenvalue weighted by Crippen LogP contribution is 2.40. The van der Waals surface area contributed by atoms with Crippen LogP contribution in [-0.2, 0) is 0 Å². The number of thiazole rings is 1. The Morgan fingerprint density at radius 3 is 2.81 bits per heavy atom. The quantitative estimate of drug-likeness (QED) is 0.340. The molecular weight excluding hydrogens is 518 g/mol. The van der Waals surface area contributed by atoms with E-state index in [-0.39, 0.29) is 29.3 Å². The van der Waals surface area contributed by atoms with Crippen LogP contribution in [0.15, 0.2) is 36.2 Å². The summed E-state index contributed by atoms with van der Waals surface area (Å²) < 4.78 is 35.1. The summed E-state index contributed by atoms with van der Waals surface area (Å²) in [6.45, 7) is 2.23. The maximum Gasteiger partial charge on any atom is 0.319 e.